The lowest BCUT2D eigenvalue weighted by Crippen LogP contribution is -2.24. The SMILES string of the molecule is O=C1c2ccc3c(c2C(=O)c2c1[nH]c1ccccc21)CCCC3. The van der Waals surface area contributed by atoms with Gasteiger partial charge in [0.05, 0.1) is 11.3 Å². The Morgan fingerprint density at radius 1 is 0.826 bits per heavy atom. The maximum atomic E-state index is 13.2. The van der Waals surface area contributed by atoms with Crippen molar-refractivity contribution in [3.8, 4) is 0 Å². The fourth-order valence-electron chi connectivity index (χ4n) is 4.08. The standard InChI is InChI=1S/C20H15NO2/c22-19-14-10-9-11-5-1-2-6-12(11)16(14)20(23)17-13-7-3-4-8-15(13)21-18(17)19/h3-4,7-10,21H,1-2,5-6H2. The molecule has 3 aromatic rings. The van der Waals surface area contributed by atoms with Crippen molar-refractivity contribution in [1.29, 1.82) is 0 Å². The molecule has 1 N–H and O–H groups in total. The van der Waals surface area contributed by atoms with Crippen LogP contribution >= 0.6 is 0 Å². The van der Waals surface area contributed by atoms with Crippen LogP contribution in [-0.4, -0.2) is 16.6 Å². The third-order valence-electron chi connectivity index (χ3n) is 5.16. The number of carbonyl (C=O) groups is 2. The zero-order valence-corrected chi connectivity index (χ0v) is 12.6. The lowest BCUT2D eigenvalue weighted by molar-refractivity contribution is 0.0977. The first-order chi connectivity index (χ1) is 11.3. The lowest BCUT2D eigenvalue weighted by Gasteiger charge is -2.23. The van der Waals surface area contributed by atoms with E-state index in [1.807, 2.05) is 36.4 Å². The van der Waals surface area contributed by atoms with Crippen molar-refractivity contribution in [3.05, 3.63) is 69.9 Å². The Morgan fingerprint density at radius 2 is 1.65 bits per heavy atom. The minimum absolute atomic E-state index is 0.00537. The van der Waals surface area contributed by atoms with Crippen LogP contribution in [-0.2, 0) is 12.8 Å². The van der Waals surface area contributed by atoms with E-state index in [1.54, 1.807) is 0 Å². The first kappa shape index (κ1) is 12.8. The molecule has 2 aliphatic rings. The van der Waals surface area contributed by atoms with Gasteiger partial charge < -0.3 is 4.98 Å². The van der Waals surface area contributed by atoms with Crippen LogP contribution in [0.15, 0.2) is 36.4 Å². The second-order valence-corrected chi connectivity index (χ2v) is 6.41. The van der Waals surface area contributed by atoms with Gasteiger partial charge >= 0.3 is 0 Å². The smallest absolute Gasteiger partial charge is 0.210 e. The molecule has 3 nitrogen and oxygen atoms in total. The normalized spacial score (nSPS) is 16.2. The number of rotatable bonds is 0. The summed E-state index contributed by atoms with van der Waals surface area (Å²) in [6.45, 7) is 0. The number of H-pyrrole nitrogens is 1. The molecule has 1 aromatic heterocycles. The van der Waals surface area contributed by atoms with Gasteiger partial charge in [-0.25, -0.2) is 0 Å². The molecule has 0 spiro atoms. The average molecular weight is 301 g/mol. The number of benzene rings is 2. The number of hydrogen-bond donors (Lipinski definition) is 1. The molecule has 2 aromatic carbocycles. The van der Waals surface area contributed by atoms with Crippen molar-refractivity contribution in [2.75, 3.05) is 0 Å². The fourth-order valence-corrected chi connectivity index (χ4v) is 4.08. The molecule has 0 saturated heterocycles. The highest BCUT2D eigenvalue weighted by Gasteiger charge is 2.35. The summed E-state index contributed by atoms with van der Waals surface area (Å²) in [6, 6.07) is 11.5. The fraction of sp³-hybridized carbons (Fsp3) is 0.200. The zero-order chi connectivity index (χ0) is 15.6. The second-order valence-electron chi connectivity index (χ2n) is 6.41. The van der Waals surface area contributed by atoms with E-state index in [4.69, 9.17) is 0 Å². The van der Waals surface area contributed by atoms with E-state index in [1.165, 1.54) is 5.56 Å². The van der Waals surface area contributed by atoms with Gasteiger partial charge in [0.25, 0.3) is 0 Å². The molecule has 2 aliphatic carbocycles. The quantitative estimate of drug-likeness (QED) is 0.537. The van der Waals surface area contributed by atoms with E-state index >= 15 is 0 Å². The number of ketones is 2. The summed E-state index contributed by atoms with van der Waals surface area (Å²) in [5.41, 5.74) is 5.40. The number of fused-ring (bicyclic) bond motifs is 6. The number of aromatic amines is 1. The molecule has 112 valence electrons. The van der Waals surface area contributed by atoms with Crippen LogP contribution < -0.4 is 0 Å². The van der Waals surface area contributed by atoms with Crippen LogP contribution in [0.1, 0.15) is 55.9 Å². The highest BCUT2D eigenvalue weighted by Crippen LogP contribution is 2.37. The van der Waals surface area contributed by atoms with Crippen molar-refractivity contribution >= 4 is 22.5 Å². The highest BCUT2D eigenvalue weighted by atomic mass is 16.1. The monoisotopic (exact) mass is 301 g/mol. The van der Waals surface area contributed by atoms with Crippen molar-refractivity contribution < 1.29 is 9.59 Å². The van der Waals surface area contributed by atoms with Crippen molar-refractivity contribution in [2.24, 2.45) is 0 Å². The molecule has 0 unspecified atom stereocenters. The Kier molecular flexibility index (Phi) is 2.46. The molecule has 23 heavy (non-hydrogen) atoms. The van der Waals surface area contributed by atoms with E-state index in [2.05, 4.69) is 4.98 Å². The molecular weight excluding hydrogens is 286 g/mol. The summed E-state index contributed by atoms with van der Waals surface area (Å²) in [5, 5.41) is 0.847. The molecule has 0 saturated carbocycles. The third-order valence-corrected chi connectivity index (χ3v) is 5.16. The second kappa shape index (κ2) is 4.42. The van der Waals surface area contributed by atoms with Crippen LogP contribution in [0, 0.1) is 0 Å². The maximum Gasteiger partial charge on any atom is 0.210 e. The van der Waals surface area contributed by atoms with Crippen LogP contribution in [0.5, 0.6) is 0 Å². The summed E-state index contributed by atoms with van der Waals surface area (Å²) < 4.78 is 0. The lowest BCUT2D eigenvalue weighted by atomic mass is 9.78. The summed E-state index contributed by atoms with van der Waals surface area (Å²) in [7, 11) is 0. The Morgan fingerprint density at radius 3 is 2.57 bits per heavy atom. The molecular formula is C20H15NO2. The Labute approximate surface area is 133 Å². The first-order valence-electron chi connectivity index (χ1n) is 8.10. The molecule has 0 amide bonds. The Hall–Kier alpha value is -2.68. The number of para-hydroxylation sites is 1. The van der Waals surface area contributed by atoms with E-state index in [0.29, 0.717) is 22.4 Å². The number of aromatic nitrogens is 1. The summed E-state index contributed by atoms with van der Waals surface area (Å²) in [4.78, 5) is 29.3. The van der Waals surface area contributed by atoms with E-state index in [-0.39, 0.29) is 11.6 Å². The number of aryl methyl sites for hydroxylation is 1. The predicted octanol–water partition coefficient (Wildman–Crippen LogP) is 3.82. The highest BCUT2D eigenvalue weighted by molar-refractivity contribution is 6.32. The van der Waals surface area contributed by atoms with Gasteiger partial charge in [0.15, 0.2) is 5.78 Å². The topological polar surface area (TPSA) is 49.9 Å². The van der Waals surface area contributed by atoms with E-state index < -0.39 is 0 Å². The van der Waals surface area contributed by atoms with Gasteiger partial charge in [-0.05, 0) is 48.9 Å². The van der Waals surface area contributed by atoms with Gasteiger partial charge in [-0.2, -0.15) is 0 Å². The predicted molar refractivity (Wildman–Crippen MR) is 88.2 cm³/mol. The van der Waals surface area contributed by atoms with Crippen molar-refractivity contribution in [2.45, 2.75) is 25.7 Å². The Balaban J connectivity index is 1.86. The van der Waals surface area contributed by atoms with Gasteiger partial charge in [0.2, 0.25) is 5.78 Å². The summed E-state index contributed by atoms with van der Waals surface area (Å²) in [6.07, 6.45) is 4.15. The van der Waals surface area contributed by atoms with Crippen LogP contribution in [0.25, 0.3) is 10.9 Å². The van der Waals surface area contributed by atoms with Crippen molar-refractivity contribution in [1.82, 2.24) is 4.98 Å². The van der Waals surface area contributed by atoms with E-state index in [0.717, 1.165) is 42.1 Å². The molecule has 0 aliphatic heterocycles. The third kappa shape index (κ3) is 1.59. The number of hydrogen-bond acceptors (Lipinski definition) is 2. The van der Waals surface area contributed by atoms with Crippen LogP contribution in [0.4, 0.5) is 0 Å². The maximum absolute atomic E-state index is 13.2. The first-order valence-corrected chi connectivity index (χ1v) is 8.10. The minimum atomic E-state index is -0.0563. The molecule has 0 fully saturated rings. The molecule has 0 radical (unpaired) electrons. The number of carbonyl (C=O) groups excluding carboxylic acids is 2. The van der Waals surface area contributed by atoms with Crippen molar-refractivity contribution in [3.63, 3.8) is 0 Å². The Bertz CT molecular complexity index is 1010. The van der Waals surface area contributed by atoms with Crippen LogP contribution in [0.2, 0.25) is 0 Å². The molecule has 5 rings (SSSR count). The number of nitrogens with one attached hydrogen (secondary N) is 1. The summed E-state index contributed by atoms with van der Waals surface area (Å²) in [5.74, 6) is -0.0510. The van der Waals surface area contributed by atoms with Crippen LogP contribution in [0.3, 0.4) is 0 Å². The minimum Gasteiger partial charge on any atom is -0.351 e. The van der Waals surface area contributed by atoms with Gasteiger partial charge in [0, 0.05) is 22.0 Å². The van der Waals surface area contributed by atoms with Gasteiger partial charge in [-0.15, -0.1) is 0 Å². The summed E-state index contributed by atoms with van der Waals surface area (Å²) >= 11 is 0. The van der Waals surface area contributed by atoms with E-state index in [9.17, 15) is 9.59 Å². The molecule has 0 atom stereocenters. The van der Waals surface area contributed by atoms with Gasteiger partial charge in [0.1, 0.15) is 0 Å². The molecule has 1 heterocycles. The molecule has 3 heteroatoms. The van der Waals surface area contributed by atoms with Gasteiger partial charge in [-0.3, -0.25) is 9.59 Å². The zero-order valence-electron chi connectivity index (χ0n) is 12.6. The molecule has 0 bridgehead atoms. The average Bonchev–Trinajstić information content (AvgIpc) is 2.99. The van der Waals surface area contributed by atoms with Gasteiger partial charge in [-0.1, -0.05) is 24.3 Å². The largest absolute Gasteiger partial charge is 0.351 e.